The fourth-order valence-electron chi connectivity index (χ4n) is 2.29. The van der Waals surface area contributed by atoms with Gasteiger partial charge < -0.3 is 14.6 Å². The number of nitrogens with zero attached hydrogens (tertiary/aromatic N) is 1. The molecule has 0 saturated heterocycles. The Morgan fingerprint density at radius 2 is 1.94 bits per heavy atom. The molecule has 1 heterocycles. The molecule has 1 aliphatic rings. The Hall–Kier alpha value is -1.29. The van der Waals surface area contributed by atoms with Gasteiger partial charge in [-0.3, -0.25) is 0 Å². The molecule has 1 saturated carbocycles. The molecule has 0 amide bonds. The molecular formula is C14H21NO3. The van der Waals surface area contributed by atoms with E-state index in [-0.39, 0.29) is 6.10 Å². The molecule has 100 valence electrons. The van der Waals surface area contributed by atoms with Crippen LogP contribution in [0.15, 0.2) is 18.2 Å². The van der Waals surface area contributed by atoms with Crippen molar-refractivity contribution in [3.05, 3.63) is 18.2 Å². The highest BCUT2D eigenvalue weighted by Crippen LogP contribution is 2.27. The average molecular weight is 251 g/mol. The van der Waals surface area contributed by atoms with E-state index in [1.165, 1.54) is 0 Å². The van der Waals surface area contributed by atoms with Crippen LogP contribution in [-0.2, 0) is 0 Å². The summed E-state index contributed by atoms with van der Waals surface area (Å²) in [5, 5.41) is 9.09. The molecule has 18 heavy (non-hydrogen) atoms. The summed E-state index contributed by atoms with van der Waals surface area (Å²) < 4.78 is 11.2. The van der Waals surface area contributed by atoms with Gasteiger partial charge in [0.15, 0.2) is 0 Å². The van der Waals surface area contributed by atoms with E-state index in [2.05, 4.69) is 4.98 Å². The summed E-state index contributed by atoms with van der Waals surface area (Å²) >= 11 is 0. The molecule has 4 heteroatoms. The fraction of sp³-hybridized carbons (Fsp3) is 0.643. The molecule has 0 aromatic carbocycles. The van der Waals surface area contributed by atoms with Crippen molar-refractivity contribution in [1.29, 1.82) is 0 Å². The number of aliphatic hydroxyl groups is 1. The number of ether oxygens (including phenoxy) is 2. The third-order valence-electron chi connectivity index (χ3n) is 3.33. The Morgan fingerprint density at radius 1 is 1.22 bits per heavy atom. The van der Waals surface area contributed by atoms with Crippen molar-refractivity contribution in [1.82, 2.24) is 4.98 Å². The van der Waals surface area contributed by atoms with Crippen LogP contribution >= 0.6 is 0 Å². The second-order valence-corrected chi connectivity index (χ2v) is 4.69. The normalized spacial score (nSPS) is 23.7. The van der Waals surface area contributed by atoms with Crippen molar-refractivity contribution in [3.8, 4) is 11.8 Å². The van der Waals surface area contributed by atoms with Gasteiger partial charge in [0.05, 0.1) is 6.61 Å². The number of pyridine rings is 1. The van der Waals surface area contributed by atoms with Gasteiger partial charge in [-0.1, -0.05) is 6.07 Å². The molecule has 1 aromatic rings. The molecule has 0 radical (unpaired) electrons. The molecule has 1 aromatic heterocycles. The van der Waals surface area contributed by atoms with Crippen molar-refractivity contribution in [2.75, 3.05) is 13.2 Å². The van der Waals surface area contributed by atoms with Crippen molar-refractivity contribution >= 4 is 0 Å². The van der Waals surface area contributed by atoms with E-state index in [1.807, 2.05) is 25.1 Å². The first kappa shape index (κ1) is 13.1. The summed E-state index contributed by atoms with van der Waals surface area (Å²) in [6.45, 7) is 2.84. The molecule has 0 unspecified atom stereocenters. The van der Waals surface area contributed by atoms with E-state index in [0.717, 1.165) is 25.7 Å². The minimum absolute atomic E-state index is 0.220. The molecule has 1 aliphatic carbocycles. The van der Waals surface area contributed by atoms with Gasteiger partial charge in [0.1, 0.15) is 6.10 Å². The molecule has 1 fully saturated rings. The first-order chi connectivity index (χ1) is 8.81. The standard InChI is InChI=1S/C14H21NO3/c1-2-17-13-4-3-5-14(15-13)18-12-8-6-11(10-16)7-9-12/h3-5,11-12,16H,2,6-10H2,1H3. The third-order valence-corrected chi connectivity index (χ3v) is 3.33. The minimum atomic E-state index is 0.220. The number of hydrogen-bond donors (Lipinski definition) is 1. The van der Waals surface area contributed by atoms with Crippen LogP contribution in [0.1, 0.15) is 32.6 Å². The summed E-state index contributed by atoms with van der Waals surface area (Å²) in [7, 11) is 0. The lowest BCUT2D eigenvalue weighted by Crippen LogP contribution is -2.25. The molecule has 0 spiro atoms. The quantitative estimate of drug-likeness (QED) is 0.873. The molecule has 0 atom stereocenters. The van der Waals surface area contributed by atoms with Gasteiger partial charge in [-0.25, -0.2) is 0 Å². The maximum absolute atomic E-state index is 9.09. The Morgan fingerprint density at radius 3 is 2.61 bits per heavy atom. The van der Waals surface area contributed by atoms with Gasteiger partial charge in [0, 0.05) is 18.7 Å². The summed E-state index contributed by atoms with van der Waals surface area (Å²) in [6, 6.07) is 5.59. The van der Waals surface area contributed by atoms with E-state index < -0.39 is 0 Å². The van der Waals surface area contributed by atoms with Gasteiger partial charge in [-0.05, 0) is 38.5 Å². The molecule has 2 rings (SSSR count). The predicted octanol–water partition coefficient (Wildman–Crippen LogP) is 2.41. The number of aliphatic hydroxyl groups excluding tert-OH is 1. The number of aromatic nitrogens is 1. The van der Waals surface area contributed by atoms with Crippen molar-refractivity contribution in [2.45, 2.75) is 38.7 Å². The van der Waals surface area contributed by atoms with Crippen LogP contribution in [0.25, 0.3) is 0 Å². The second kappa shape index (κ2) is 6.59. The Balaban J connectivity index is 1.87. The minimum Gasteiger partial charge on any atom is -0.478 e. The van der Waals surface area contributed by atoms with Crippen LogP contribution in [0, 0.1) is 5.92 Å². The smallest absolute Gasteiger partial charge is 0.216 e. The van der Waals surface area contributed by atoms with E-state index in [9.17, 15) is 0 Å². The highest BCUT2D eigenvalue weighted by atomic mass is 16.5. The lowest BCUT2D eigenvalue weighted by atomic mass is 9.88. The van der Waals surface area contributed by atoms with Crippen LogP contribution in [0.3, 0.4) is 0 Å². The van der Waals surface area contributed by atoms with Crippen LogP contribution in [0.5, 0.6) is 11.8 Å². The number of hydrogen-bond acceptors (Lipinski definition) is 4. The van der Waals surface area contributed by atoms with Gasteiger partial charge in [-0.15, -0.1) is 0 Å². The van der Waals surface area contributed by atoms with Crippen molar-refractivity contribution in [2.24, 2.45) is 5.92 Å². The average Bonchev–Trinajstić information content (AvgIpc) is 2.40. The summed E-state index contributed by atoms with van der Waals surface area (Å²) in [5.41, 5.74) is 0. The van der Waals surface area contributed by atoms with Crippen LogP contribution < -0.4 is 9.47 Å². The third kappa shape index (κ3) is 3.60. The highest BCUT2D eigenvalue weighted by molar-refractivity contribution is 5.19. The topological polar surface area (TPSA) is 51.6 Å². The fourth-order valence-corrected chi connectivity index (χ4v) is 2.29. The Kier molecular flexibility index (Phi) is 4.81. The van der Waals surface area contributed by atoms with E-state index in [1.54, 1.807) is 0 Å². The summed E-state index contributed by atoms with van der Waals surface area (Å²) in [6.07, 6.45) is 4.27. The van der Waals surface area contributed by atoms with E-state index >= 15 is 0 Å². The zero-order valence-electron chi connectivity index (χ0n) is 10.8. The Bertz CT molecular complexity index is 362. The maximum Gasteiger partial charge on any atom is 0.216 e. The largest absolute Gasteiger partial charge is 0.478 e. The molecule has 4 nitrogen and oxygen atoms in total. The van der Waals surface area contributed by atoms with Gasteiger partial charge in [0.25, 0.3) is 0 Å². The van der Waals surface area contributed by atoms with E-state index in [0.29, 0.717) is 30.9 Å². The highest BCUT2D eigenvalue weighted by Gasteiger charge is 2.22. The van der Waals surface area contributed by atoms with Gasteiger partial charge >= 0.3 is 0 Å². The molecule has 0 aliphatic heterocycles. The first-order valence-electron chi connectivity index (χ1n) is 6.69. The Labute approximate surface area is 108 Å². The van der Waals surface area contributed by atoms with Gasteiger partial charge in [-0.2, -0.15) is 4.98 Å². The van der Waals surface area contributed by atoms with Crippen LogP contribution in [0.4, 0.5) is 0 Å². The molecular weight excluding hydrogens is 230 g/mol. The first-order valence-corrected chi connectivity index (χ1v) is 6.69. The zero-order chi connectivity index (χ0) is 12.8. The monoisotopic (exact) mass is 251 g/mol. The van der Waals surface area contributed by atoms with Crippen LogP contribution in [0.2, 0.25) is 0 Å². The molecule has 0 bridgehead atoms. The lowest BCUT2D eigenvalue weighted by Gasteiger charge is -2.27. The zero-order valence-corrected chi connectivity index (χ0v) is 10.8. The summed E-state index contributed by atoms with van der Waals surface area (Å²) in [5.74, 6) is 1.69. The molecule has 1 N–H and O–H groups in total. The van der Waals surface area contributed by atoms with Crippen molar-refractivity contribution in [3.63, 3.8) is 0 Å². The van der Waals surface area contributed by atoms with Crippen LogP contribution in [-0.4, -0.2) is 29.4 Å². The van der Waals surface area contributed by atoms with Gasteiger partial charge in [0.2, 0.25) is 11.8 Å². The van der Waals surface area contributed by atoms with E-state index in [4.69, 9.17) is 14.6 Å². The predicted molar refractivity (Wildman–Crippen MR) is 68.9 cm³/mol. The number of rotatable bonds is 5. The van der Waals surface area contributed by atoms with Crippen molar-refractivity contribution < 1.29 is 14.6 Å². The maximum atomic E-state index is 9.09. The SMILES string of the molecule is CCOc1cccc(OC2CCC(CO)CC2)n1. The summed E-state index contributed by atoms with van der Waals surface area (Å²) in [4.78, 5) is 4.30. The second-order valence-electron chi connectivity index (χ2n) is 4.69. The lowest BCUT2D eigenvalue weighted by molar-refractivity contribution is 0.0998.